The van der Waals surface area contributed by atoms with E-state index in [4.69, 9.17) is 0 Å². The van der Waals surface area contributed by atoms with Crippen LogP contribution in [-0.4, -0.2) is 28.5 Å². The molecule has 0 saturated heterocycles. The Balaban J connectivity index is 1.51. The molecule has 0 aliphatic heterocycles. The van der Waals surface area contributed by atoms with Gasteiger partial charge in [-0.05, 0) is 37.9 Å². The van der Waals surface area contributed by atoms with Crippen molar-refractivity contribution >= 4 is 11.5 Å². The first-order valence-corrected chi connectivity index (χ1v) is 6.33. The number of anilines is 1. The minimum atomic E-state index is 0.812. The summed E-state index contributed by atoms with van der Waals surface area (Å²) in [5.41, 5.74) is 0.992. The van der Waals surface area contributed by atoms with Crippen LogP contribution in [0.2, 0.25) is 0 Å². The molecule has 3 rings (SSSR count). The van der Waals surface area contributed by atoms with Crippen molar-refractivity contribution in [3.63, 3.8) is 0 Å². The molecule has 17 heavy (non-hydrogen) atoms. The van der Waals surface area contributed by atoms with Crippen molar-refractivity contribution < 1.29 is 0 Å². The first-order valence-electron chi connectivity index (χ1n) is 6.33. The summed E-state index contributed by atoms with van der Waals surface area (Å²) in [7, 11) is 0. The third-order valence-corrected chi connectivity index (χ3v) is 3.10. The van der Waals surface area contributed by atoms with Gasteiger partial charge in [-0.25, -0.2) is 4.98 Å². The maximum Gasteiger partial charge on any atom is 0.138 e. The predicted molar refractivity (Wildman–Crippen MR) is 69.3 cm³/mol. The van der Waals surface area contributed by atoms with Gasteiger partial charge >= 0.3 is 0 Å². The Labute approximate surface area is 101 Å². The van der Waals surface area contributed by atoms with E-state index in [9.17, 15) is 0 Å². The summed E-state index contributed by atoms with van der Waals surface area (Å²) in [5, 5.41) is 6.97. The smallest absolute Gasteiger partial charge is 0.138 e. The predicted octanol–water partition coefficient (Wildman–Crippen LogP) is 1.89. The first kappa shape index (κ1) is 10.6. The van der Waals surface area contributed by atoms with E-state index in [-0.39, 0.29) is 0 Å². The fourth-order valence-corrected chi connectivity index (χ4v) is 1.99. The second-order valence-electron chi connectivity index (χ2n) is 4.58. The minimum absolute atomic E-state index is 0.812. The van der Waals surface area contributed by atoms with Gasteiger partial charge in [0.1, 0.15) is 11.5 Å². The molecule has 0 radical (unpaired) electrons. The van der Waals surface area contributed by atoms with E-state index in [0.29, 0.717) is 0 Å². The summed E-state index contributed by atoms with van der Waals surface area (Å²) < 4.78 is 2.08. The lowest BCUT2D eigenvalue weighted by Gasteiger charge is -2.09. The maximum absolute atomic E-state index is 4.27. The summed E-state index contributed by atoms with van der Waals surface area (Å²) in [6.45, 7) is 2.11. The summed E-state index contributed by atoms with van der Waals surface area (Å²) >= 11 is 0. The van der Waals surface area contributed by atoms with Crippen LogP contribution >= 0.6 is 0 Å². The molecule has 2 aromatic heterocycles. The number of nitrogens with zero attached hydrogens (tertiary/aromatic N) is 2. The molecule has 0 aromatic carbocycles. The van der Waals surface area contributed by atoms with Crippen molar-refractivity contribution in [2.24, 2.45) is 0 Å². The van der Waals surface area contributed by atoms with Gasteiger partial charge in [-0.15, -0.1) is 0 Å². The minimum Gasteiger partial charge on any atom is -0.371 e. The molecule has 90 valence electrons. The van der Waals surface area contributed by atoms with Gasteiger partial charge in [-0.2, -0.15) is 0 Å². The van der Waals surface area contributed by atoms with Gasteiger partial charge in [0.05, 0.1) is 0 Å². The fraction of sp³-hybridized carbons (Fsp3) is 0.462. The van der Waals surface area contributed by atoms with Crippen molar-refractivity contribution in [2.75, 3.05) is 18.4 Å². The lowest BCUT2D eigenvalue weighted by Crippen LogP contribution is -2.20. The molecule has 0 bridgehead atoms. The molecule has 0 spiro atoms. The van der Waals surface area contributed by atoms with Gasteiger partial charge in [-0.1, -0.05) is 6.07 Å². The molecule has 0 atom stereocenters. The zero-order valence-corrected chi connectivity index (χ0v) is 9.89. The van der Waals surface area contributed by atoms with Gasteiger partial charge in [-0.3, -0.25) is 4.40 Å². The summed E-state index contributed by atoms with van der Waals surface area (Å²) in [5.74, 6) is 1.12. The van der Waals surface area contributed by atoms with Crippen LogP contribution in [0.15, 0.2) is 30.6 Å². The van der Waals surface area contributed by atoms with Crippen LogP contribution in [0.25, 0.3) is 5.65 Å². The van der Waals surface area contributed by atoms with E-state index in [1.807, 2.05) is 24.5 Å². The second-order valence-corrected chi connectivity index (χ2v) is 4.58. The van der Waals surface area contributed by atoms with Crippen LogP contribution < -0.4 is 10.6 Å². The quantitative estimate of drug-likeness (QED) is 0.745. The van der Waals surface area contributed by atoms with Crippen LogP contribution in [0.5, 0.6) is 0 Å². The monoisotopic (exact) mass is 230 g/mol. The van der Waals surface area contributed by atoms with Crippen LogP contribution in [0.1, 0.15) is 19.3 Å². The van der Waals surface area contributed by atoms with Gasteiger partial charge in [0.25, 0.3) is 0 Å². The SMILES string of the molecule is c1cc(NCCCNC2CC2)n2ccnc2c1. The van der Waals surface area contributed by atoms with Crippen LogP contribution in [0, 0.1) is 0 Å². The third kappa shape index (κ3) is 2.58. The summed E-state index contributed by atoms with van der Waals surface area (Å²) in [6, 6.07) is 6.95. The molecule has 1 aliphatic carbocycles. The number of imidazole rings is 1. The van der Waals surface area contributed by atoms with Crippen LogP contribution in [0.4, 0.5) is 5.82 Å². The molecular weight excluding hydrogens is 212 g/mol. The Morgan fingerprint density at radius 1 is 1.29 bits per heavy atom. The normalized spacial score (nSPS) is 15.3. The second kappa shape index (κ2) is 4.75. The lowest BCUT2D eigenvalue weighted by molar-refractivity contribution is 0.658. The number of rotatable bonds is 6. The molecule has 4 heteroatoms. The van der Waals surface area contributed by atoms with Crippen molar-refractivity contribution in [2.45, 2.75) is 25.3 Å². The molecule has 2 N–H and O–H groups in total. The molecule has 2 heterocycles. The number of aromatic nitrogens is 2. The van der Waals surface area contributed by atoms with E-state index in [1.54, 1.807) is 0 Å². The topological polar surface area (TPSA) is 41.4 Å². The molecule has 4 nitrogen and oxygen atoms in total. The highest BCUT2D eigenvalue weighted by Crippen LogP contribution is 2.18. The van der Waals surface area contributed by atoms with E-state index in [2.05, 4.69) is 26.1 Å². The number of nitrogens with one attached hydrogen (secondary N) is 2. The summed E-state index contributed by atoms with van der Waals surface area (Å²) in [4.78, 5) is 4.27. The fourth-order valence-electron chi connectivity index (χ4n) is 1.99. The Bertz CT molecular complexity index is 487. The third-order valence-electron chi connectivity index (χ3n) is 3.10. The maximum atomic E-state index is 4.27. The van der Waals surface area contributed by atoms with Crippen LogP contribution in [0.3, 0.4) is 0 Å². The van der Waals surface area contributed by atoms with E-state index in [0.717, 1.165) is 37.0 Å². The zero-order valence-electron chi connectivity index (χ0n) is 9.89. The molecule has 2 aromatic rings. The molecule has 1 fully saturated rings. The summed E-state index contributed by atoms with van der Waals surface area (Å²) in [6.07, 6.45) is 7.69. The Morgan fingerprint density at radius 2 is 2.24 bits per heavy atom. The Hall–Kier alpha value is -1.55. The average molecular weight is 230 g/mol. The molecule has 1 saturated carbocycles. The van der Waals surface area contributed by atoms with Crippen LogP contribution in [-0.2, 0) is 0 Å². The Kier molecular flexibility index (Phi) is 2.96. The highest BCUT2D eigenvalue weighted by Gasteiger charge is 2.19. The van der Waals surface area contributed by atoms with Gasteiger partial charge in [0, 0.05) is 25.0 Å². The molecule has 0 unspecified atom stereocenters. The van der Waals surface area contributed by atoms with E-state index < -0.39 is 0 Å². The lowest BCUT2D eigenvalue weighted by atomic mass is 10.4. The molecular formula is C13H18N4. The largest absolute Gasteiger partial charge is 0.371 e. The highest BCUT2D eigenvalue weighted by atomic mass is 15.1. The standard InChI is InChI=1S/C13H18N4/c1-3-12(17-10-9-16-13(17)4-1)15-8-2-7-14-11-5-6-11/h1,3-4,9-11,14-15H,2,5-8H2. The van der Waals surface area contributed by atoms with E-state index in [1.165, 1.54) is 12.8 Å². The van der Waals surface area contributed by atoms with Crippen molar-refractivity contribution in [1.82, 2.24) is 14.7 Å². The van der Waals surface area contributed by atoms with Crippen molar-refractivity contribution in [3.05, 3.63) is 30.6 Å². The average Bonchev–Trinajstić information content (AvgIpc) is 3.04. The molecule has 1 aliphatic rings. The zero-order chi connectivity index (χ0) is 11.5. The van der Waals surface area contributed by atoms with E-state index >= 15 is 0 Å². The number of pyridine rings is 1. The highest BCUT2D eigenvalue weighted by molar-refractivity contribution is 5.49. The number of hydrogen-bond acceptors (Lipinski definition) is 3. The molecule has 0 amide bonds. The number of hydrogen-bond donors (Lipinski definition) is 2. The van der Waals surface area contributed by atoms with Crippen molar-refractivity contribution in [3.8, 4) is 0 Å². The van der Waals surface area contributed by atoms with Gasteiger partial charge in [0.15, 0.2) is 0 Å². The number of fused-ring (bicyclic) bond motifs is 1. The first-order chi connectivity index (χ1) is 8.43. The Morgan fingerprint density at radius 3 is 3.12 bits per heavy atom. The van der Waals surface area contributed by atoms with Crippen molar-refractivity contribution in [1.29, 1.82) is 0 Å². The van der Waals surface area contributed by atoms with Gasteiger partial charge in [0.2, 0.25) is 0 Å². The van der Waals surface area contributed by atoms with Gasteiger partial charge < -0.3 is 10.6 Å².